The Bertz CT molecular complexity index is 962. The van der Waals surface area contributed by atoms with Crippen LogP contribution in [0.4, 0.5) is 0 Å². The molecule has 1 aliphatic carbocycles. The van der Waals surface area contributed by atoms with E-state index in [9.17, 15) is 14.7 Å². The number of allylic oxidation sites excluding steroid dienone is 3. The highest BCUT2D eigenvalue weighted by Crippen LogP contribution is 2.41. The summed E-state index contributed by atoms with van der Waals surface area (Å²) < 4.78 is 0.898. The van der Waals surface area contributed by atoms with E-state index < -0.39 is 17.4 Å². The molecule has 1 heterocycles. The van der Waals surface area contributed by atoms with E-state index in [4.69, 9.17) is 0 Å². The SMILES string of the molecule is O=C(CC1(O)C(=O)NC2=CC=C(Br)CC21)c1ccc2ccccc2c1. The molecular formula is C20H16BrNO3. The highest BCUT2D eigenvalue weighted by Gasteiger charge is 2.53. The van der Waals surface area contributed by atoms with Gasteiger partial charge in [-0.05, 0) is 33.8 Å². The first kappa shape index (κ1) is 16.2. The van der Waals surface area contributed by atoms with E-state index in [1.165, 1.54) is 0 Å². The van der Waals surface area contributed by atoms with Crippen molar-refractivity contribution in [3.05, 3.63) is 70.4 Å². The number of hydrogen-bond acceptors (Lipinski definition) is 3. The van der Waals surface area contributed by atoms with Crippen LogP contribution in [-0.4, -0.2) is 22.4 Å². The lowest BCUT2D eigenvalue weighted by atomic mass is 9.79. The first-order chi connectivity index (χ1) is 12.0. The number of amides is 1. The largest absolute Gasteiger partial charge is 0.379 e. The van der Waals surface area contributed by atoms with E-state index in [2.05, 4.69) is 21.2 Å². The molecule has 2 N–H and O–H groups in total. The summed E-state index contributed by atoms with van der Waals surface area (Å²) in [4.78, 5) is 25.1. The molecule has 1 saturated heterocycles. The molecule has 2 aliphatic rings. The van der Waals surface area contributed by atoms with Gasteiger partial charge in [-0.25, -0.2) is 0 Å². The molecule has 0 spiro atoms. The van der Waals surface area contributed by atoms with E-state index >= 15 is 0 Å². The van der Waals surface area contributed by atoms with Crippen LogP contribution in [0.5, 0.6) is 0 Å². The molecule has 2 unspecified atom stereocenters. The lowest BCUT2D eigenvalue weighted by Crippen LogP contribution is -2.44. The molecule has 2 atom stereocenters. The predicted octanol–water partition coefficient (Wildman–Crippen LogP) is 3.46. The third-order valence-electron chi connectivity index (χ3n) is 4.95. The third kappa shape index (κ3) is 2.73. The van der Waals surface area contributed by atoms with Crippen LogP contribution in [0, 0.1) is 5.92 Å². The van der Waals surface area contributed by atoms with Crippen LogP contribution < -0.4 is 5.32 Å². The van der Waals surface area contributed by atoms with Crippen molar-refractivity contribution in [1.29, 1.82) is 0 Å². The zero-order valence-corrected chi connectivity index (χ0v) is 14.9. The summed E-state index contributed by atoms with van der Waals surface area (Å²) in [6.07, 6.45) is 3.88. The average molecular weight is 398 g/mol. The number of fused-ring (bicyclic) bond motifs is 2. The molecule has 2 aromatic carbocycles. The van der Waals surface area contributed by atoms with Crippen molar-refractivity contribution >= 4 is 38.4 Å². The first-order valence-electron chi connectivity index (χ1n) is 8.09. The van der Waals surface area contributed by atoms with Gasteiger partial charge in [-0.15, -0.1) is 0 Å². The Morgan fingerprint density at radius 1 is 1.20 bits per heavy atom. The Kier molecular flexibility index (Phi) is 3.85. The van der Waals surface area contributed by atoms with Gasteiger partial charge >= 0.3 is 0 Å². The lowest BCUT2D eigenvalue weighted by molar-refractivity contribution is -0.137. The normalized spacial score (nSPS) is 25.2. The molecule has 0 saturated carbocycles. The molecule has 5 heteroatoms. The van der Waals surface area contributed by atoms with Gasteiger partial charge in [-0.2, -0.15) is 0 Å². The van der Waals surface area contributed by atoms with Crippen LogP contribution >= 0.6 is 15.9 Å². The van der Waals surface area contributed by atoms with E-state index in [0.717, 1.165) is 15.3 Å². The van der Waals surface area contributed by atoms with Gasteiger partial charge < -0.3 is 10.4 Å². The molecule has 1 amide bonds. The number of nitrogens with one attached hydrogen (secondary N) is 1. The standard InChI is InChI=1S/C20H16BrNO3/c21-15-7-8-17-16(10-15)20(25,19(24)22-17)11-18(23)14-6-5-12-3-1-2-4-13(12)9-14/h1-9,16,25H,10-11H2,(H,22,24). The molecule has 0 aromatic heterocycles. The number of carbonyl (C=O) groups excluding carboxylic acids is 2. The van der Waals surface area contributed by atoms with Crippen molar-refractivity contribution in [1.82, 2.24) is 5.32 Å². The number of hydrogen-bond donors (Lipinski definition) is 2. The van der Waals surface area contributed by atoms with E-state index in [-0.39, 0.29) is 12.2 Å². The fraction of sp³-hybridized carbons (Fsp3) is 0.200. The van der Waals surface area contributed by atoms with Crippen LogP contribution in [0.2, 0.25) is 0 Å². The summed E-state index contributed by atoms with van der Waals surface area (Å²) >= 11 is 3.42. The van der Waals surface area contributed by atoms with Gasteiger partial charge in [-0.3, -0.25) is 9.59 Å². The highest BCUT2D eigenvalue weighted by molar-refractivity contribution is 9.11. The molecule has 0 bridgehead atoms. The Balaban J connectivity index is 1.63. The van der Waals surface area contributed by atoms with Gasteiger partial charge in [0, 0.05) is 23.6 Å². The van der Waals surface area contributed by atoms with Crippen LogP contribution in [0.15, 0.2) is 64.8 Å². The fourth-order valence-electron chi connectivity index (χ4n) is 3.53. The zero-order valence-electron chi connectivity index (χ0n) is 13.3. The number of carbonyl (C=O) groups is 2. The zero-order chi connectivity index (χ0) is 17.6. The minimum absolute atomic E-state index is 0.237. The maximum atomic E-state index is 12.8. The molecule has 2 aromatic rings. The minimum Gasteiger partial charge on any atom is -0.379 e. The molecular weight excluding hydrogens is 382 g/mol. The Morgan fingerprint density at radius 3 is 2.76 bits per heavy atom. The van der Waals surface area contributed by atoms with Crippen molar-refractivity contribution in [2.45, 2.75) is 18.4 Å². The second kappa shape index (κ2) is 5.93. The molecule has 1 fully saturated rings. The van der Waals surface area contributed by atoms with Gasteiger partial charge in [0.25, 0.3) is 5.91 Å². The maximum Gasteiger partial charge on any atom is 0.257 e. The molecule has 126 valence electrons. The summed E-state index contributed by atoms with van der Waals surface area (Å²) in [5.41, 5.74) is -0.549. The molecule has 1 aliphatic heterocycles. The molecule has 4 rings (SSSR count). The topological polar surface area (TPSA) is 66.4 Å². The molecule has 4 nitrogen and oxygen atoms in total. The van der Waals surface area contributed by atoms with Gasteiger partial charge in [0.15, 0.2) is 11.4 Å². The number of halogens is 1. The lowest BCUT2D eigenvalue weighted by Gasteiger charge is -2.27. The number of benzene rings is 2. The van der Waals surface area contributed by atoms with Gasteiger partial charge in [0.1, 0.15) is 0 Å². The van der Waals surface area contributed by atoms with E-state index in [1.807, 2.05) is 36.4 Å². The van der Waals surface area contributed by atoms with Crippen molar-refractivity contribution in [3.63, 3.8) is 0 Å². The molecule has 0 radical (unpaired) electrons. The number of Topliss-reactive ketones (excluding diaryl/α,β-unsaturated/α-hetero) is 1. The van der Waals surface area contributed by atoms with Crippen molar-refractivity contribution in [2.24, 2.45) is 5.92 Å². The Hall–Kier alpha value is -2.24. The van der Waals surface area contributed by atoms with Crippen LogP contribution in [-0.2, 0) is 4.79 Å². The summed E-state index contributed by atoms with van der Waals surface area (Å²) in [6, 6.07) is 13.2. The Labute approximate surface area is 153 Å². The smallest absolute Gasteiger partial charge is 0.257 e. The summed E-state index contributed by atoms with van der Waals surface area (Å²) in [7, 11) is 0. The van der Waals surface area contributed by atoms with Gasteiger partial charge in [0.05, 0.1) is 0 Å². The summed E-state index contributed by atoms with van der Waals surface area (Å²) in [5, 5.41) is 15.7. The number of ketones is 1. The third-order valence-corrected chi connectivity index (χ3v) is 5.54. The van der Waals surface area contributed by atoms with Crippen LogP contribution in [0.3, 0.4) is 0 Å². The Morgan fingerprint density at radius 2 is 1.96 bits per heavy atom. The first-order valence-corrected chi connectivity index (χ1v) is 8.89. The van der Waals surface area contributed by atoms with E-state index in [0.29, 0.717) is 17.7 Å². The van der Waals surface area contributed by atoms with E-state index in [1.54, 1.807) is 18.2 Å². The quantitative estimate of drug-likeness (QED) is 0.779. The van der Waals surface area contributed by atoms with Crippen LogP contribution in [0.1, 0.15) is 23.2 Å². The van der Waals surface area contributed by atoms with Gasteiger partial charge in [0.2, 0.25) is 0 Å². The second-order valence-electron chi connectivity index (χ2n) is 6.53. The summed E-state index contributed by atoms with van der Waals surface area (Å²) in [6.45, 7) is 0. The minimum atomic E-state index is -1.72. The fourth-order valence-corrected chi connectivity index (χ4v) is 3.99. The highest BCUT2D eigenvalue weighted by atomic mass is 79.9. The molecule has 25 heavy (non-hydrogen) atoms. The summed E-state index contributed by atoms with van der Waals surface area (Å²) in [5.74, 6) is -1.17. The maximum absolute atomic E-state index is 12.8. The number of rotatable bonds is 3. The predicted molar refractivity (Wildman–Crippen MR) is 99.2 cm³/mol. The van der Waals surface area contributed by atoms with Gasteiger partial charge in [-0.1, -0.05) is 58.4 Å². The van der Waals surface area contributed by atoms with Crippen molar-refractivity contribution < 1.29 is 14.7 Å². The average Bonchev–Trinajstić information content (AvgIpc) is 2.85. The second-order valence-corrected chi connectivity index (χ2v) is 7.55. The van der Waals surface area contributed by atoms with Crippen molar-refractivity contribution in [3.8, 4) is 0 Å². The number of aliphatic hydroxyl groups is 1. The van der Waals surface area contributed by atoms with Crippen molar-refractivity contribution in [2.75, 3.05) is 0 Å². The monoisotopic (exact) mass is 397 g/mol. The van der Waals surface area contributed by atoms with Crippen LogP contribution in [0.25, 0.3) is 10.8 Å².